The number of hydrogen-bond acceptors (Lipinski definition) is 0. The number of alkyl halides is 2. The summed E-state index contributed by atoms with van der Waals surface area (Å²) in [5, 5.41) is 0. The zero-order chi connectivity index (χ0) is 14.5. The highest BCUT2D eigenvalue weighted by atomic mass is 35.5. The van der Waals surface area contributed by atoms with Crippen molar-refractivity contribution >= 4 is 23.2 Å². The molecule has 2 rings (SSSR count). The van der Waals surface area contributed by atoms with Crippen molar-refractivity contribution in [2.75, 3.05) is 0 Å². The second-order valence-electron chi connectivity index (χ2n) is 5.24. The summed E-state index contributed by atoms with van der Waals surface area (Å²) in [6.07, 6.45) is 0. The van der Waals surface area contributed by atoms with E-state index < -0.39 is 0 Å². The van der Waals surface area contributed by atoms with Crippen molar-refractivity contribution in [1.29, 1.82) is 0 Å². The van der Waals surface area contributed by atoms with E-state index in [1.54, 1.807) is 0 Å². The first kappa shape index (κ1) is 15.4. The van der Waals surface area contributed by atoms with Gasteiger partial charge in [-0.05, 0) is 34.1 Å². The molecule has 0 fully saturated rings. The first-order chi connectivity index (χ1) is 9.69. The monoisotopic (exact) mass is 306 g/mol. The van der Waals surface area contributed by atoms with Gasteiger partial charge in [0.05, 0.1) is 0 Å². The van der Waals surface area contributed by atoms with Crippen LogP contribution in [-0.4, -0.2) is 0 Å². The minimum atomic E-state index is 0.411. The molecular weight excluding hydrogens is 287 g/mol. The molecule has 2 aromatic carbocycles. The van der Waals surface area contributed by atoms with E-state index in [1.807, 2.05) is 12.1 Å². The van der Waals surface area contributed by atoms with Crippen LogP contribution in [0.2, 0.25) is 0 Å². The number of halogens is 2. The van der Waals surface area contributed by atoms with Crippen LogP contribution in [0.15, 0.2) is 48.5 Å². The molecule has 2 heteroatoms. The minimum Gasteiger partial charge on any atom is -0.122 e. The summed E-state index contributed by atoms with van der Waals surface area (Å²) < 4.78 is 0. The van der Waals surface area contributed by atoms with Gasteiger partial charge in [-0.15, -0.1) is 23.2 Å². The molecule has 0 saturated carbocycles. The lowest BCUT2D eigenvalue weighted by Crippen LogP contribution is -2.09. The van der Waals surface area contributed by atoms with Crippen LogP contribution in [0.1, 0.15) is 47.9 Å². The Morgan fingerprint density at radius 3 is 1.40 bits per heavy atom. The molecule has 0 aliphatic heterocycles. The summed E-state index contributed by atoms with van der Waals surface area (Å²) in [4.78, 5) is 0. The molecule has 2 unspecified atom stereocenters. The van der Waals surface area contributed by atoms with E-state index in [-0.39, 0.29) is 0 Å². The summed E-state index contributed by atoms with van der Waals surface area (Å²) in [5.74, 6) is 1.94. The largest absolute Gasteiger partial charge is 0.122 e. The molecule has 0 N–H and O–H groups in total. The quantitative estimate of drug-likeness (QED) is 0.588. The van der Waals surface area contributed by atoms with Gasteiger partial charge in [-0.1, -0.05) is 62.4 Å². The van der Waals surface area contributed by atoms with Gasteiger partial charge in [-0.25, -0.2) is 0 Å². The molecule has 2 atom stereocenters. The first-order valence-electron chi connectivity index (χ1n) is 6.96. The lowest BCUT2D eigenvalue weighted by molar-refractivity contribution is 0.616. The zero-order valence-corrected chi connectivity index (χ0v) is 13.5. The summed E-state index contributed by atoms with van der Waals surface area (Å²) in [5.41, 5.74) is 5.10. The summed E-state index contributed by atoms with van der Waals surface area (Å²) in [6.45, 7) is 4.53. The standard InChI is InChI=1S/C18H20Cl2/c1-13(17-9-5-3-7-15(17)11-19)14(2)18-10-6-4-8-16(18)12-20/h3-10,13-14H,11-12H2,1-2H3. The van der Waals surface area contributed by atoms with E-state index in [9.17, 15) is 0 Å². The van der Waals surface area contributed by atoms with Crippen molar-refractivity contribution in [3.8, 4) is 0 Å². The van der Waals surface area contributed by atoms with E-state index in [4.69, 9.17) is 23.2 Å². The first-order valence-corrected chi connectivity index (χ1v) is 8.03. The smallest absolute Gasteiger partial charge is 0.0476 e. The molecule has 0 heterocycles. The van der Waals surface area contributed by atoms with Gasteiger partial charge in [-0.3, -0.25) is 0 Å². The maximum Gasteiger partial charge on any atom is 0.0476 e. The number of benzene rings is 2. The molecule has 2 aromatic rings. The Bertz CT molecular complexity index is 511. The highest BCUT2D eigenvalue weighted by Crippen LogP contribution is 2.36. The molecule has 0 amide bonds. The van der Waals surface area contributed by atoms with Gasteiger partial charge in [0.1, 0.15) is 0 Å². The molecule has 106 valence electrons. The van der Waals surface area contributed by atoms with Crippen molar-refractivity contribution < 1.29 is 0 Å². The predicted octanol–water partition coefficient (Wildman–Crippen LogP) is 6.07. The van der Waals surface area contributed by atoms with Gasteiger partial charge in [0.15, 0.2) is 0 Å². The highest BCUT2D eigenvalue weighted by Gasteiger charge is 2.20. The van der Waals surface area contributed by atoms with Gasteiger partial charge in [0.25, 0.3) is 0 Å². The maximum atomic E-state index is 6.06. The third-order valence-corrected chi connectivity index (χ3v) is 4.71. The molecule has 0 aliphatic rings. The average Bonchev–Trinajstić information content (AvgIpc) is 2.53. The Kier molecular flexibility index (Phi) is 5.51. The van der Waals surface area contributed by atoms with Crippen LogP contribution < -0.4 is 0 Å². The second-order valence-corrected chi connectivity index (χ2v) is 5.78. The molecule has 0 aliphatic carbocycles. The van der Waals surface area contributed by atoms with Crippen molar-refractivity contribution in [3.05, 3.63) is 70.8 Å². The van der Waals surface area contributed by atoms with Crippen LogP contribution in [0.25, 0.3) is 0 Å². The summed E-state index contributed by atoms with van der Waals surface area (Å²) >= 11 is 12.1. The topological polar surface area (TPSA) is 0 Å². The van der Waals surface area contributed by atoms with Gasteiger partial charge < -0.3 is 0 Å². The van der Waals surface area contributed by atoms with Gasteiger partial charge >= 0.3 is 0 Å². The predicted molar refractivity (Wildman–Crippen MR) is 88.8 cm³/mol. The Labute approximate surface area is 131 Å². The average molecular weight is 307 g/mol. The highest BCUT2D eigenvalue weighted by molar-refractivity contribution is 6.17. The van der Waals surface area contributed by atoms with E-state index in [0.717, 1.165) is 0 Å². The SMILES string of the molecule is CC(c1ccccc1CCl)C(C)c1ccccc1CCl. The summed E-state index contributed by atoms with van der Waals surface area (Å²) in [7, 11) is 0. The van der Waals surface area contributed by atoms with Gasteiger partial charge in [0.2, 0.25) is 0 Å². The Balaban J connectivity index is 2.35. The van der Waals surface area contributed by atoms with Crippen molar-refractivity contribution in [3.63, 3.8) is 0 Å². The third-order valence-electron chi connectivity index (χ3n) is 4.13. The van der Waals surface area contributed by atoms with E-state index in [0.29, 0.717) is 23.6 Å². The molecule has 0 radical (unpaired) electrons. The minimum absolute atomic E-state index is 0.411. The molecule has 0 aromatic heterocycles. The Morgan fingerprint density at radius 1 is 0.700 bits per heavy atom. The van der Waals surface area contributed by atoms with Crippen LogP contribution >= 0.6 is 23.2 Å². The van der Waals surface area contributed by atoms with Crippen LogP contribution in [0.4, 0.5) is 0 Å². The molecule has 0 saturated heterocycles. The number of rotatable bonds is 5. The fourth-order valence-electron chi connectivity index (χ4n) is 2.74. The Hall–Kier alpha value is -0.980. The normalized spacial score (nSPS) is 14.0. The molecule has 0 bridgehead atoms. The van der Waals surface area contributed by atoms with Crippen LogP contribution in [0, 0.1) is 0 Å². The maximum absolute atomic E-state index is 6.06. The van der Waals surface area contributed by atoms with E-state index in [2.05, 4.69) is 50.2 Å². The van der Waals surface area contributed by atoms with E-state index in [1.165, 1.54) is 22.3 Å². The zero-order valence-electron chi connectivity index (χ0n) is 11.9. The summed E-state index contributed by atoms with van der Waals surface area (Å²) in [6, 6.07) is 16.9. The lowest BCUT2D eigenvalue weighted by Gasteiger charge is -2.24. The van der Waals surface area contributed by atoms with Crippen molar-refractivity contribution in [1.82, 2.24) is 0 Å². The van der Waals surface area contributed by atoms with Crippen LogP contribution in [-0.2, 0) is 11.8 Å². The number of hydrogen-bond donors (Lipinski definition) is 0. The van der Waals surface area contributed by atoms with Crippen LogP contribution in [0.3, 0.4) is 0 Å². The van der Waals surface area contributed by atoms with Crippen LogP contribution in [0.5, 0.6) is 0 Å². The molecular formula is C18H20Cl2. The second kappa shape index (κ2) is 7.15. The van der Waals surface area contributed by atoms with Crippen molar-refractivity contribution in [2.45, 2.75) is 37.4 Å². The fourth-order valence-corrected chi connectivity index (χ4v) is 3.23. The van der Waals surface area contributed by atoms with Gasteiger partial charge in [0, 0.05) is 11.8 Å². The molecule has 0 spiro atoms. The van der Waals surface area contributed by atoms with Crippen molar-refractivity contribution in [2.24, 2.45) is 0 Å². The van der Waals surface area contributed by atoms with Gasteiger partial charge in [-0.2, -0.15) is 0 Å². The Morgan fingerprint density at radius 2 is 1.05 bits per heavy atom. The fraction of sp³-hybridized carbons (Fsp3) is 0.333. The molecule has 20 heavy (non-hydrogen) atoms. The third kappa shape index (κ3) is 3.19. The van der Waals surface area contributed by atoms with E-state index >= 15 is 0 Å². The lowest BCUT2D eigenvalue weighted by atomic mass is 9.81. The molecule has 0 nitrogen and oxygen atoms in total.